The number of amides is 1. The maximum atomic E-state index is 13.2. The van der Waals surface area contributed by atoms with Crippen molar-refractivity contribution in [2.75, 3.05) is 61.0 Å². The maximum absolute atomic E-state index is 13.2. The number of anilines is 3. The van der Waals surface area contributed by atoms with Crippen molar-refractivity contribution >= 4 is 23.4 Å². The number of alkyl halides is 3. The number of hydrogen-bond donors (Lipinski definition) is 0. The Kier molecular flexibility index (Phi) is 7.14. The van der Waals surface area contributed by atoms with Crippen LogP contribution in [0.5, 0.6) is 0 Å². The molecule has 1 amide bonds. The molecule has 0 unspecified atom stereocenters. The van der Waals surface area contributed by atoms with Gasteiger partial charge in [0.05, 0.1) is 17.8 Å². The molecule has 3 aromatic rings. The lowest BCUT2D eigenvalue weighted by atomic mass is 10.0. The van der Waals surface area contributed by atoms with E-state index in [1.807, 2.05) is 32.2 Å². The fraction of sp³-hybridized carbons (Fsp3) is 0.393. The predicted molar refractivity (Wildman–Crippen MR) is 142 cm³/mol. The highest BCUT2D eigenvalue weighted by atomic mass is 19.4. The monoisotopic (exact) mass is 524 g/mol. The predicted octanol–water partition coefficient (Wildman–Crippen LogP) is 4.48. The fourth-order valence-corrected chi connectivity index (χ4v) is 4.95. The number of carbonyl (C=O) groups is 1. The molecule has 1 fully saturated rings. The molecular formula is C28H31F3N6O. The Balaban J connectivity index is 1.34. The topological polar surface area (TPSA) is 55.8 Å². The first-order valence-corrected chi connectivity index (χ1v) is 12.9. The van der Waals surface area contributed by atoms with Crippen LogP contribution in [0.15, 0.2) is 54.6 Å². The van der Waals surface area contributed by atoms with Crippen molar-refractivity contribution in [3.8, 4) is 0 Å². The first-order valence-electron chi connectivity index (χ1n) is 12.9. The second-order valence-corrected chi connectivity index (χ2v) is 9.65. The summed E-state index contributed by atoms with van der Waals surface area (Å²) in [6, 6.07) is 14.8. The number of hydrogen-bond acceptors (Lipinski definition) is 6. The number of piperazine rings is 1. The number of aromatic nitrogens is 2. The van der Waals surface area contributed by atoms with E-state index in [0.717, 1.165) is 61.9 Å². The van der Waals surface area contributed by atoms with E-state index in [4.69, 9.17) is 9.97 Å². The zero-order chi connectivity index (χ0) is 26.9. The quantitative estimate of drug-likeness (QED) is 0.491. The van der Waals surface area contributed by atoms with Crippen LogP contribution in [-0.2, 0) is 19.1 Å². The summed E-state index contributed by atoms with van der Waals surface area (Å²) >= 11 is 0. The van der Waals surface area contributed by atoms with Gasteiger partial charge in [0.1, 0.15) is 5.82 Å². The van der Waals surface area contributed by atoms with Gasteiger partial charge in [-0.1, -0.05) is 18.2 Å². The fourth-order valence-electron chi connectivity index (χ4n) is 4.95. The summed E-state index contributed by atoms with van der Waals surface area (Å²) < 4.78 is 38.8. The third-order valence-electron chi connectivity index (χ3n) is 7.29. The lowest BCUT2D eigenvalue weighted by Crippen LogP contribution is -2.47. The molecule has 0 bridgehead atoms. The first kappa shape index (κ1) is 25.8. The number of para-hydroxylation sites is 1. The van der Waals surface area contributed by atoms with E-state index in [9.17, 15) is 18.0 Å². The highest BCUT2D eigenvalue weighted by Gasteiger charge is 2.32. The highest BCUT2D eigenvalue weighted by molar-refractivity contribution is 5.94. The van der Waals surface area contributed by atoms with Gasteiger partial charge in [0.2, 0.25) is 5.95 Å². The van der Waals surface area contributed by atoms with Crippen molar-refractivity contribution in [3.05, 3.63) is 77.0 Å². The molecule has 0 N–H and O–H groups in total. The second-order valence-electron chi connectivity index (χ2n) is 9.65. The van der Waals surface area contributed by atoms with Gasteiger partial charge in [-0.2, -0.15) is 18.2 Å². The second kappa shape index (κ2) is 10.5. The number of carbonyl (C=O) groups excluding carboxylic acids is 1. The average Bonchev–Trinajstić information content (AvgIpc) is 2.95. The van der Waals surface area contributed by atoms with Crippen LogP contribution >= 0.6 is 0 Å². The Labute approximate surface area is 220 Å². The van der Waals surface area contributed by atoms with E-state index >= 15 is 0 Å². The van der Waals surface area contributed by atoms with Crippen molar-refractivity contribution in [1.82, 2.24) is 14.9 Å². The van der Waals surface area contributed by atoms with E-state index in [1.165, 1.54) is 17.8 Å². The number of fused-ring (bicyclic) bond motifs is 1. The Hall–Kier alpha value is -3.82. The molecule has 2 aliphatic rings. The molecule has 10 heteroatoms. The molecule has 38 heavy (non-hydrogen) atoms. The van der Waals surface area contributed by atoms with Crippen LogP contribution in [0.25, 0.3) is 0 Å². The van der Waals surface area contributed by atoms with Gasteiger partial charge in [0.15, 0.2) is 0 Å². The van der Waals surface area contributed by atoms with Gasteiger partial charge < -0.3 is 19.6 Å². The van der Waals surface area contributed by atoms with Gasteiger partial charge in [-0.05, 0) is 43.3 Å². The van der Waals surface area contributed by atoms with E-state index in [2.05, 4.69) is 26.8 Å². The average molecular weight is 525 g/mol. The SMILES string of the molecule is CCN(C)c1nc(N2CCN(c3ccccc3)CC2)nc2c1CN(C(=O)c1ccc(C(F)(F)F)cc1)CC2. The van der Waals surface area contributed by atoms with Gasteiger partial charge >= 0.3 is 6.18 Å². The van der Waals surface area contributed by atoms with E-state index in [1.54, 1.807) is 4.90 Å². The number of nitrogens with zero attached hydrogens (tertiary/aromatic N) is 6. The van der Waals surface area contributed by atoms with Crippen molar-refractivity contribution < 1.29 is 18.0 Å². The summed E-state index contributed by atoms with van der Waals surface area (Å²) in [6.45, 7) is 6.90. The van der Waals surface area contributed by atoms with Crippen LogP contribution < -0.4 is 14.7 Å². The molecule has 1 aromatic heterocycles. The lowest BCUT2D eigenvalue weighted by molar-refractivity contribution is -0.137. The van der Waals surface area contributed by atoms with Crippen LogP contribution in [0.1, 0.15) is 34.1 Å². The van der Waals surface area contributed by atoms with Gasteiger partial charge in [0.25, 0.3) is 5.91 Å². The van der Waals surface area contributed by atoms with E-state index < -0.39 is 11.7 Å². The maximum Gasteiger partial charge on any atom is 0.416 e. The van der Waals surface area contributed by atoms with Crippen molar-refractivity contribution in [1.29, 1.82) is 0 Å². The molecule has 5 rings (SSSR count). The number of rotatable bonds is 5. The Morgan fingerprint density at radius 2 is 1.58 bits per heavy atom. The van der Waals surface area contributed by atoms with E-state index in [-0.39, 0.29) is 11.5 Å². The van der Waals surface area contributed by atoms with Crippen LogP contribution in [0.2, 0.25) is 0 Å². The summed E-state index contributed by atoms with van der Waals surface area (Å²) in [7, 11) is 1.97. The molecule has 0 atom stereocenters. The van der Waals surface area contributed by atoms with Crippen molar-refractivity contribution in [2.24, 2.45) is 0 Å². The van der Waals surface area contributed by atoms with Crippen molar-refractivity contribution in [3.63, 3.8) is 0 Å². The molecule has 2 aromatic carbocycles. The molecule has 0 saturated carbocycles. The van der Waals surface area contributed by atoms with Crippen molar-refractivity contribution in [2.45, 2.75) is 26.1 Å². The minimum absolute atomic E-state index is 0.237. The Bertz CT molecular complexity index is 1270. The number of benzene rings is 2. The van der Waals surface area contributed by atoms with E-state index in [0.29, 0.717) is 25.5 Å². The van der Waals surface area contributed by atoms with Crippen LogP contribution in [0, 0.1) is 0 Å². The molecule has 200 valence electrons. The summed E-state index contributed by atoms with van der Waals surface area (Å²) in [5, 5.41) is 0. The minimum atomic E-state index is -4.44. The lowest BCUT2D eigenvalue weighted by Gasteiger charge is -2.37. The molecule has 3 heterocycles. The molecular weight excluding hydrogens is 493 g/mol. The number of halogens is 3. The van der Waals surface area contributed by atoms with Crippen LogP contribution in [0.3, 0.4) is 0 Å². The first-order chi connectivity index (χ1) is 18.2. The summed E-state index contributed by atoms with van der Waals surface area (Å²) in [5.41, 5.74) is 2.50. The van der Waals surface area contributed by atoms with Crippen LogP contribution in [-0.4, -0.2) is 67.1 Å². The zero-order valence-electron chi connectivity index (χ0n) is 21.6. The molecule has 0 aliphatic carbocycles. The standard InChI is InChI=1S/C28H31F3N6O/c1-3-34(2)25-23-19-37(26(38)20-9-11-21(12-10-20)28(29,30)31)14-13-24(23)32-27(33-25)36-17-15-35(16-18-36)22-7-5-4-6-8-22/h4-12H,3,13-19H2,1-2H3. The van der Waals surface area contributed by atoms with Gasteiger partial charge in [-0.15, -0.1) is 0 Å². The Morgan fingerprint density at radius 3 is 2.21 bits per heavy atom. The van der Waals surface area contributed by atoms with Gasteiger partial charge in [0, 0.05) is 69.6 Å². The third kappa shape index (κ3) is 5.25. The van der Waals surface area contributed by atoms with Gasteiger partial charge in [-0.25, -0.2) is 4.98 Å². The molecule has 7 nitrogen and oxygen atoms in total. The summed E-state index contributed by atoms with van der Waals surface area (Å²) in [5.74, 6) is 1.20. The largest absolute Gasteiger partial charge is 0.416 e. The highest BCUT2D eigenvalue weighted by Crippen LogP contribution is 2.31. The third-order valence-corrected chi connectivity index (χ3v) is 7.29. The van der Waals surface area contributed by atoms with Crippen LogP contribution in [0.4, 0.5) is 30.6 Å². The molecule has 1 saturated heterocycles. The smallest absolute Gasteiger partial charge is 0.368 e. The zero-order valence-corrected chi connectivity index (χ0v) is 21.6. The normalized spacial score (nSPS) is 15.9. The minimum Gasteiger partial charge on any atom is -0.368 e. The molecule has 2 aliphatic heterocycles. The molecule has 0 radical (unpaired) electrons. The Morgan fingerprint density at radius 1 is 0.921 bits per heavy atom. The summed E-state index contributed by atoms with van der Waals surface area (Å²) in [6.07, 6.45) is -3.87. The molecule has 0 spiro atoms. The van der Waals surface area contributed by atoms with Gasteiger partial charge in [-0.3, -0.25) is 4.79 Å². The summed E-state index contributed by atoms with van der Waals surface area (Å²) in [4.78, 5) is 31.3.